The molecule has 0 spiro atoms. The first-order chi connectivity index (χ1) is 10.6. The number of rotatable bonds is 6. The van der Waals surface area contributed by atoms with Gasteiger partial charge in [-0.2, -0.15) is 5.26 Å². The molecule has 0 unspecified atom stereocenters. The van der Waals surface area contributed by atoms with Crippen LogP contribution in [0.2, 0.25) is 0 Å². The second-order valence-corrected chi connectivity index (χ2v) is 6.36. The van der Waals surface area contributed by atoms with Gasteiger partial charge in [-0.3, -0.25) is 4.79 Å². The second-order valence-electron chi connectivity index (χ2n) is 5.44. The maximum absolute atomic E-state index is 12.1. The minimum absolute atomic E-state index is 0.0828. The first-order valence-corrected chi connectivity index (χ1v) is 8.15. The first kappa shape index (κ1) is 16.2. The number of carbonyl (C=O) groups is 1. The third-order valence-electron chi connectivity index (χ3n) is 3.50. The van der Waals surface area contributed by atoms with Crippen LogP contribution in [-0.4, -0.2) is 12.5 Å². The number of quaternary nitrogens is 1. The van der Waals surface area contributed by atoms with Crippen LogP contribution in [0.3, 0.4) is 0 Å². The van der Waals surface area contributed by atoms with Crippen molar-refractivity contribution in [3.63, 3.8) is 0 Å². The number of thiophene rings is 1. The van der Waals surface area contributed by atoms with Gasteiger partial charge in [0, 0.05) is 11.5 Å². The number of nitrogens with two attached hydrogens (primary N) is 1. The van der Waals surface area contributed by atoms with Gasteiger partial charge in [-0.15, -0.1) is 11.3 Å². The van der Waals surface area contributed by atoms with Gasteiger partial charge in [0.15, 0.2) is 6.54 Å². The molecule has 0 saturated heterocycles. The van der Waals surface area contributed by atoms with E-state index in [1.54, 1.807) is 11.4 Å². The summed E-state index contributed by atoms with van der Waals surface area (Å²) in [4.78, 5) is 12.1. The maximum atomic E-state index is 12.1. The molecule has 0 aliphatic rings. The minimum Gasteiger partial charge on any atom is -0.332 e. The highest BCUT2D eigenvalue weighted by Crippen LogP contribution is 2.21. The standard InChI is InChI=1S/C17H19N3OS/c1-12(2)16(13-6-4-3-5-7-13)19-11-15(21)20-17-14(10-18)8-9-22-17/h3-9,12,16,19H,11H2,1-2H3,(H,20,21)/p+1/t16-/m0/s1. The number of nitrogens with one attached hydrogen (secondary N) is 1. The van der Waals surface area contributed by atoms with Crippen molar-refractivity contribution in [1.82, 2.24) is 0 Å². The van der Waals surface area contributed by atoms with Crippen LogP contribution in [0, 0.1) is 17.2 Å². The fraction of sp³-hybridized carbons (Fsp3) is 0.294. The Morgan fingerprint density at radius 1 is 1.32 bits per heavy atom. The average molecular weight is 314 g/mol. The molecular formula is C17H20N3OS+. The lowest BCUT2D eigenvalue weighted by molar-refractivity contribution is -0.692. The van der Waals surface area contributed by atoms with Gasteiger partial charge in [0.05, 0.1) is 5.56 Å². The van der Waals surface area contributed by atoms with E-state index < -0.39 is 0 Å². The quantitative estimate of drug-likeness (QED) is 0.860. The molecule has 1 aromatic carbocycles. The van der Waals surface area contributed by atoms with Crippen LogP contribution >= 0.6 is 11.3 Å². The molecule has 1 amide bonds. The highest BCUT2D eigenvalue weighted by atomic mass is 32.1. The highest BCUT2D eigenvalue weighted by molar-refractivity contribution is 7.14. The molecule has 0 aliphatic heterocycles. The molecule has 0 saturated carbocycles. The van der Waals surface area contributed by atoms with Gasteiger partial charge in [-0.25, -0.2) is 0 Å². The first-order valence-electron chi connectivity index (χ1n) is 7.27. The van der Waals surface area contributed by atoms with E-state index in [1.807, 2.05) is 18.2 Å². The molecular weight excluding hydrogens is 294 g/mol. The predicted octanol–water partition coefficient (Wildman–Crippen LogP) is 2.52. The lowest BCUT2D eigenvalue weighted by Gasteiger charge is -2.19. The van der Waals surface area contributed by atoms with Crippen LogP contribution in [0.1, 0.15) is 31.0 Å². The summed E-state index contributed by atoms with van der Waals surface area (Å²) in [5.74, 6) is 0.340. The molecule has 0 bridgehead atoms. The van der Waals surface area contributed by atoms with E-state index in [2.05, 4.69) is 42.7 Å². The summed E-state index contributed by atoms with van der Waals surface area (Å²) in [5.41, 5.74) is 1.74. The van der Waals surface area contributed by atoms with Crippen LogP contribution in [0.25, 0.3) is 0 Å². The van der Waals surface area contributed by atoms with Gasteiger partial charge >= 0.3 is 0 Å². The number of hydrogen-bond acceptors (Lipinski definition) is 3. The average Bonchev–Trinajstić information content (AvgIpc) is 2.95. The van der Waals surface area contributed by atoms with Crippen molar-refractivity contribution >= 4 is 22.2 Å². The molecule has 2 aromatic rings. The molecule has 0 aliphatic carbocycles. The van der Waals surface area contributed by atoms with Crippen molar-refractivity contribution in [1.29, 1.82) is 5.26 Å². The number of anilines is 1. The van der Waals surface area contributed by atoms with Gasteiger partial charge in [0.1, 0.15) is 17.1 Å². The van der Waals surface area contributed by atoms with E-state index >= 15 is 0 Å². The summed E-state index contributed by atoms with van der Waals surface area (Å²) in [6.07, 6.45) is 0. The van der Waals surface area contributed by atoms with E-state index in [0.29, 0.717) is 23.0 Å². The maximum Gasteiger partial charge on any atom is 0.280 e. The largest absolute Gasteiger partial charge is 0.332 e. The lowest BCUT2D eigenvalue weighted by atomic mass is 9.96. The molecule has 22 heavy (non-hydrogen) atoms. The summed E-state index contributed by atoms with van der Waals surface area (Å²) in [7, 11) is 0. The van der Waals surface area contributed by atoms with Crippen molar-refractivity contribution in [3.05, 3.63) is 52.9 Å². The normalized spacial score (nSPS) is 11.9. The minimum atomic E-state index is -0.0828. The third kappa shape index (κ3) is 4.17. The zero-order valence-electron chi connectivity index (χ0n) is 12.7. The Hall–Kier alpha value is -2.16. The molecule has 0 fully saturated rings. The molecule has 1 heterocycles. The fourth-order valence-electron chi connectivity index (χ4n) is 2.37. The number of benzene rings is 1. The fourth-order valence-corrected chi connectivity index (χ4v) is 3.13. The zero-order chi connectivity index (χ0) is 15.9. The molecule has 0 radical (unpaired) electrons. The van der Waals surface area contributed by atoms with Crippen molar-refractivity contribution in [2.75, 3.05) is 11.9 Å². The number of amides is 1. The topological polar surface area (TPSA) is 69.5 Å². The predicted molar refractivity (Wildman–Crippen MR) is 88.5 cm³/mol. The summed E-state index contributed by atoms with van der Waals surface area (Å²) in [6.45, 7) is 4.64. The van der Waals surface area contributed by atoms with Crippen LogP contribution in [-0.2, 0) is 4.79 Å². The highest BCUT2D eigenvalue weighted by Gasteiger charge is 2.20. The van der Waals surface area contributed by atoms with Crippen LogP contribution in [0.5, 0.6) is 0 Å². The Bertz CT molecular complexity index is 658. The molecule has 4 nitrogen and oxygen atoms in total. The Labute approximate surface area is 134 Å². The van der Waals surface area contributed by atoms with Gasteiger partial charge in [0.25, 0.3) is 5.91 Å². The monoisotopic (exact) mass is 314 g/mol. The van der Waals surface area contributed by atoms with E-state index in [9.17, 15) is 4.79 Å². The summed E-state index contributed by atoms with van der Waals surface area (Å²) in [6, 6.07) is 14.2. The van der Waals surface area contributed by atoms with E-state index in [-0.39, 0.29) is 11.9 Å². The molecule has 2 rings (SSSR count). The Morgan fingerprint density at radius 3 is 2.68 bits per heavy atom. The van der Waals surface area contributed by atoms with Gasteiger partial charge in [-0.05, 0) is 11.4 Å². The number of carbonyl (C=O) groups excluding carboxylic acids is 1. The van der Waals surface area contributed by atoms with Crippen molar-refractivity contribution in [2.45, 2.75) is 19.9 Å². The third-order valence-corrected chi connectivity index (χ3v) is 4.33. The zero-order valence-corrected chi connectivity index (χ0v) is 13.6. The lowest BCUT2D eigenvalue weighted by Crippen LogP contribution is -2.88. The van der Waals surface area contributed by atoms with E-state index in [0.717, 1.165) is 0 Å². The smallest absolute Gasteiger partial charge is 0.280 e. The Kier molecular flexibility index (Phi) is 5.70. The molecule has 5 heteroatoms. The molecule has 1 atom stereocenters. The van der Waals surface area contributed by atoms with Crippen molar-refractivity contribution in [3.8, 4) is 6.07 Å². The SMILES string of the molecule is CC(C)[C@H]([NH2+]CC(=O)Nc1sccc1C#N)c1ccccc1. The molecule has 3 N–H and O–H groups in total. The Balaban J connectivity index is 1.95. The van der Waals surface area contributed by atoms with Crippen molar-refractivity contribution < 1.29 is 10.1 Å². The number of hydrogen-bond donors (Lipinski definition) is 2. The number of nitriles is 1. The Morgan fingerprint density at radius 2 is 2.05 bits per heavy atom. The van der Waals surface area contributed by atoms with Crippen LogP contribution in [0.4, 0.5) is 5.00 Å². The number of nitrogens with zero attached hydrogens (tertiary/aromatic N) is 1. The summed E-state index contributed by atoms with van der Waals surface area (Å²) < 4.78 is 0. The van der Waals surface area contributed by atoms with E-state index in [4.69, 9.17) is 5.26 Å². The van der Waals surface area contributed by atoms with E-state index in [1.165, 1.54) is 16.9 Å². The van der Waals surface area contributed by atoms with Gasteiger partial charge in [-0.1, -0.05) is 44.2 Å². The van der Waals surface area contributed by atoms with Crippen LogP contribution < -0.4 is 10.6 Å². The second kappa shape index (κ2) is 7.74. The van der Waals surface area contributed by atoms with Gasteiger partial charge < -0.3 is 10.6 Å². The molecule has 114 valence electrons. The van der Waals surface area contributed by atoms with Crippen molar-refractivity contribution in [2.24, 2.45) is 5.92 Å². The van der Waals surface area contributed by atoms with Crippen LogP contribution in [0.15, 0.2) is 41.8 Å². The summed E-state index contributed by atoms with van der Waals surface area (Å²) in [5, 5.41) is 16.3. The molecule has 1 aromatic heterocycles. The summed E-state index contributed by atoms with van der Waals surface area (Å²) >= 11 is 1.37. The van der Waals surface area contributed by atoms with Gasteiger partial charge in [0.2, 0.25) is 0 Å².